The molecule has 152 valence electrons. The minimum atomic E-state index is -3.86. The molecule has 9 heteroatoms. The third-order valence-corrected chi connectivity index (χ3v) is 5.38. The Kier molecular flexibility index (Phi) is 7.24. The minimum Gasteiger partial charge on any atom is -0.494 e. The predicted molar refractivity (Wildman–Crippen MR) is 106 cm³/mol. The summed E-state index contributed by atoms with van der Waals surface area (Å²) in [6, 6.07) is 9.84. The first-order valence-corrected chi connectivity index (χ1v) is 10.1. The van der Waals surface area contributed by atoms with Crippen LogP contribution in [0.25, 0.3) is 0 Å². The summed E-state index contributed by atoms with van der Waals surface area (Å²) in [6.45, 7) is 3.78. The lowest BCUT2D eigenvalue weighted by molar-refractivity contribution is -0.117. The van der Waals surface area contributed by atoms with Crippen molar-refractivity contribution in [2.24, 2.45) is 0 Å². The fraction of sp³-hybridized carbons (Fsp3) is 0.316. The molecular formula is C19H24N2O6S. The fourth-order valence-electron chi connectivity index (χ4n) is 2.40. The Labute approximate surface area is 164 Å². The number of ether oxygens (including phenoxy) is 3. The number of sulfonamides is 1. The number of hydrogen-bond acceptors (Lipinski definition) is 6. The van der Waals surface area contributed by atoms with Gasteiger partial charge in [0, 0.05) is 11.8 Å². The van der Waals surface area contributed by atoms with Crippen LogP contribution in [0.2, 0.25) is 0 Å². The van der Waals surface area contributed by atoms with Crippen molar-refractivity contribution in [2.45, 2.75) is 24.8 Å². The Morgan fingerprint density at radius 2 is 1.68 bits per heavy atom. The third kappa shape index (κ3) is 5.37. The van der Waals surface area contributed by atoms with E-state index in [0.29, 0.717) is 29.5 Å². The monoisotopic (exact) mass is 408 g/mol. The number of hydrogen-bond donors (Lipinski definition) is 2. The standard InChI is InChI=1S/C19H24N2O6S/c1-5-27-15-7-9-16(10-8-15)28(23,24)21-13(2)19(22)20-14-6-11-17(25-3)18(12-14)26-4/h6-13,21H,5H2,1-4H3,(H,20,22)/t13-/m1/s1. The predicted octanol–water partition coefficient (Wildman–Crippen LogP) is 2.41. The average Bonchev–Trinajstić information content (AvgIpc) is 2.68. The van der Waals surface area contributed by atoms with Gasteiger partial charge in [-0.05, 0) is 50.2 Å². The van der Waals surface area contributed by atoms with E-state index in [4.69, 9.17) is 14.2 Å². The van der Waals surface area contributed by atoms with Crippen LogP contribution < -0.4 is 24.2 Å². The highest BCUT2D eigenvalue weighted by Gasteiger charge is 2.22. The van der Waals surface area contributed by atoms with E-state index in [9.17, 15) is 13.2 Å². The summed E-state index contributed by atoms with van der Waals surface area (Å²) in [4.78, 5) is 12.4. The molecule has 28 heavy (non-hydrogen) atoms. The molecule has 0 unspecified atom stereocenters. The molecule has 1 atom stereocenters. The highest BCUT2D eigenvalue weighted by atomic mass is 32.2. The van der Waals surface area contributed by atoms with Gasteiger partial charge < -0.3 is 19.5 Å². The molecule has 2 aromatic rings. The van der Waals surface area contributed by atoms with Gasteiger partial charge in [0.05, 0.1) is 31.8 Å². The van der Waals surface area contributed by atoms with Gasteiger partial charge in [0.15, 0.2) is 11.5 Å². The van der Waals surface area contributed by atoms with E-state index in [1.807, 2.05) is 6.92 Å². The van der Waals surface area contributed by atoms with E-state index < -0.39 is 22.0 Å². The molecule has 0 aliphatic carbocycles. The number of nitrogens with one attached hydrogen (secondary N) is 2. The molecule has 0 radical (unpaired) electrons. The van der Waals surface area contributed by atoms with Gasteiger partial charge in [0.2, 0.25) is 15.9 Å². The SMILES string of the molecule is CCOc1ccc(S(=O)(=O)N[C@H](C)C(=O)Nc2ccc(OC)c(OC)c2)cc1. The van der Waals surface area contributed by atoms with E-state index in [0.717, 1.165) is 0 Å². The first kappa shape index (κ1) is 21.5. The summed E-state index contributed by atoms with van der Waals surface area (Å²) < 4.78 is 43.0. The maximum atomic E-state index is 12.5. The van der Waals surface area contributed by atoms with Crippen LogP contribution in [0.1, 0.15) is 13.8 Å². The van der Waals surface area contributed by atoms with Crippen LogP contribution in [-0.4, -0.2) is 41.2 Å². The molecule has 0 fully saturated rings. The number of amides is 1. The molecule has 2 aromatic carbocycles. The molecule has 1 amide bonds. The fourth-order valence-corrected chi connectivity index (χ4v) is 3.60. The van der Waals surface area contributed by atoms with E-state index >= 15 is 0 Å². The second kappa shape index (κ2) is 9.43. The topological polar surface area (TPSA) is 103 Å². The second-order valence-electron chi connectivity index (χ2n) is 5.81. The van der Waals surface area contributed by atoms with Crippen LogP contribution >= 0.6 is 0 Å². The van der Waals surface area contributed by atoms with Crippen LogP contribution in [-0.2, 0) is 14.8 Å². The van der Waals surface area contributed by atoms with Gasteiger partial charge in [-0.15, -0.1) is 0 Å². The normalized spacial score (nSPS) is 12.1. The highest BCUT2D eigenvalue weighted by Crippen LogP contribution is 2.29. The molecule has 8 nitrogen and oxygen atoms in total. The van der Waals surface area contributed by atoms with Gasteiger partial charge in [-0.2, -0.15) is 4.72 Å². The maximum Gasteiger partial charge on any atom is 0.242 e. The summed E-state index contributed by atoms with van der Waals surface area (Å²) >= 11 is 0. The molecule has 0 aliphatic rings. The van der Waals surface area contributed by atoms with Crippen LogP contribution in [0.5, 0.6) is 17.2 Å². The Hall–Kier alpha value is -2.78. The van der Waals surface area contributed by atoms with Crippen molar-refractivity contribution < 1.29 is 27.4 Å². The van der Waals surface area contributed by atoms with Crippen molar-refractivity contribution in [1.29, 1.82) is 0 Å². The molecule has 0 spiro atoms. The van der Waals surface area contributed by atoms with Crippen LogP contribution in [0.4, 0.5) is 5.69 Å². The Balaban J connectivity index is 2.06. The summed E-state index contributed by atoms with van der Waals surface area (Å²) in [7, 11) is -0.872. The number of carbonyl (C=O) groups excluding carboxylic acids is 1. The lowest BCUT2D eigenvalue weighted by Gasteiger charge is -2.16. The van der Waals surface area contributed by atoms with Crippen molar-refractivity contribution in [2.75, 3.05) is 26.1 Å². The largest absolute Gasteiger partial charge is 0.494 e. The van der Waals surface area contributed by atoms with Crippen molar-refractivity contribution in [1.82, 2.24) is 4.72 Å². The van der Waals surface area contributed by atoms with Crippen LogP contribution in [0.3, 0.4) is 0 Å². The Bertz CT molecular complexity index is 913. The number of carbonyl (C=O) groups is 1. The Morgan fingerprint density at radius 1 is 1.04 bits per heavy atom. The smallest absolute Gasteiger partial charge is 0.242 e. The van der Waals surface area contributed by atoms with Gasteiger partial charge in [-0.3, -0.25) is 4.79 Å². The van der Waals surface area contributed by atoms with Gasteiger partial charge in [0.1, 0.15) is 5.75 Å². The molecular weight excluding hydrogens is 384 g/mol. The first-order chi connectivity index (χ1) is 13.3. The molecule has 0 bridgehead atoms. The van der Waals surface area contributed by atoms with Gasteiger partial charge in [-0.1, -0.05) is 0 Å². The lowest BCUT2D eigenvalue weighted by atomic mass is 10.2. The average molecular weight is 408 g/mol. The van der Waals surface area contributed by atoms with Gasteiger partial charge in [-0.25, -0.2) is 8.42 Å². The summed E-state index contributed by atoms with van der Waals surface area (Å²) in [5.74, 6) is 1.02. The molecule has 0 aliphatic heterocycles. The minimum absolute atomic E-state index is 0.0433. The van der Waals surface area contributed by atoms with Crippen molar-refractivity contribution >= 4 is 21.6 Å². The zero-order chi connectivity index (χ0) is 20.7. The summed E-state index contributed by atoms with van der Waals surface area (Å²) in [6.07, 6.45) is 0. The molecule has 0 saturated carbocycles. The second-order valence-corrected chi connectivity index (χ2v) is 7.52. The highest BCUT2D eigenvalue weighted by molar-refractivity contribution is 7.89. The molecule has 0 saturated heterocycles. The van der Waals surface area contributed by atoms with Gasteiger partial charge >= 0.3 is 0 Å². The van der Waals surface area contributed by atoms with Crippen LogP contribution in [0, 0.1) is 0 Å². The number of rotatable bonds is 9. The van der Waals surface area contributed by atoms with Crippen molar-refractivity contribution in [3.05, 3.63) is 42.5 Å². The molecule has 2 rings (SSSR count). The number of anilines is 1. The van der Waals surface area contributed by atoms with Gasteiger partial charge in [0.25, 0.3) is 0 Å². The molecule has 0 aromatic heterocycles. The third-order valence-electron chi connectivity index (χ3n) is 3.82. The van der Waals surface area contributed by atoms with E-state index in [-0.39, 0.29) is 4.90 Å². The van der Waals surface area contributed by atoms with Crippen molar-refractivity contribution in [3.8, 4) is 17.2 Å². The zero-order valence-corrected chi connectivity index (χ0v) is 17.0. The quantitative estimate of drug-likeness (QED) is 0.661. The van der Waals surface area contributed by atoms with E-state index in [1.165, 1.54) is 33.3 Å². The van der Waals surface area contributed by atoms with E-state index in [1.54, 1.807) is 30.3 Å². The first-order valence-electron chi connectivity index (χ1n) is 8.58. The van der Waals surface area contributed by atoms with Crippen LogP contribution in [0.15, 0.2) is 47.4 Å². The molecule has 2 N–H and O–H groups in total. The van der Waals surface area contributed by atoms with Crippen molar-refractivity contribution in [3.63, 3.8) is 0 Å². The lowest BCUT2D eigenvalue weighted by Crippen LogP contribution is -2.41. The van der Waals surface area contributed by atoms with E-state index in [2.05, 4.69) is 10.0 Å². The number of benzene rings is 2. The number of methoxy groups -OCH3 is 2. The molecule has 0 heterocycles. The zero-order valence-electron chi connectivity index (χ0n) is 16.2. The maximum absolute atomic E-state index is 12.5. The Morgan fingerprint density at radius 3 is 2.25 bits per heavy atom. The summed E-state index contributed by atoms with van der Waals surface area (Å²) in [5.41, 5.74) is 0.453. The summed E-state index contributed by atoms with van der Waals surface area (Å²) in [5, 5.41) is 2.65.